The normalized spacial score (nSPS) is 9.96. The van der Waals surface area contributed by atoms with E-state index in [0.29, 0.717) is 10.7 Å². The molecular formula is C17H19N3O2S. The Hall–Kier alpha value is -2.60. The summed E-state index contributed by atoms with van der Waals surface area (Å²) >= 11 is 5.24. The van der Waals surface area contributed by atoms with Crippen molar-refractivity contribution in [2.24, 2.45) is 5.73 Å². The van der Waals surface area contributed by atoms with Gasteiger partial charge in [-0.25, -0.2) is 0 Å². The Labute approximate surface area is 140 Å². The van der Waals surface area contributed by atoms with Crippen LogP contribution in [0.3, 0.4) is 0 Å². The zero-order valence-corrected chi connectivity index (χ0v) is 13.7. The Kier molecular flexibility index (Phi) is 5.94. The minimum absolute atomic E-state index is 0.447. The third-order valence-electron chi connectivity index (χ3n) is 3.29. The molecule has 2 rings (SSSR count). The van der Waals surface area contributed by atoms with Crippen molar-refractivity contribution in [1.82, 2.24) is 5.32 Å². The van der Waals surface area contributed by atoms with Crippen LogP contribution in [-0.2, 0) is 6.42 Å². The van der Waals surface area contributed by atoms with Crippen LogP contribution in [0.5, 0.6) is 5.75 Å². The molecule has 0 aliphatic heterocycles. The van der Waals surface area contributed by atoms with Gasteiger partial charge in [0.05, 0.1) is 7.11 Å². The number of nitrogens with two attached hydrogens (primary N) is 1. The second-order valence-electron chi connectivity index (χ2n) is 4.92. The van der Waals surface area contributed by atoms with Crippen LogP contribution in [0.4, 0.5) is 5.69 Å². The molecule has 120 valence electrons. The summed E-state index contributed by atoms with van der Waals surface area (Å²) in [5.74, 6) is 0.398. The first kappa shape index (κ1) is 16.8. The van der Waals surface area contributed by atoms with Gasteiger partial charge in [0.2, 0.25) is 5.91 Å². The van der Waals surface area contributed by atoms with Crippen molar-refractivity contribution in [1.29, 1.82) is 0 Å². The highest BCUT2D eigenvalue weighted by Crippen LogP contribution is 2.11. The summed E-state index contributed by atoms with van der Waals surface area (Å²) in [6, 6.07) is 14.8. The van der Waals surface area contributed by atoms with Crippen molar-refractivity contribution in [2.45, 2.75) is 6.42 Å². The van der Waals surface area contributed by atoms with Crippen LogP contribution in [0.25, 0.3) is 0 Å². The van der Waals surface area contributed by atoms with Gasteiger partial charge in [0.15, 0.2) is 5.11 Å². The summed E-state index contributed by atoms with van der Waals surface area (Å²) in [5.41, 5.74) is 7.67. The predicted molar refractivity (Wildman–Crippen MR) is 95.9 cm³/mol. The van der Waals surface area contributed by atoms with Gasteiger partial charge in [0.1, 0.15) is 5.75 Å². The molecule has 2 aromatic carbocycles. The Morgan fingerprint density at radius 2 is 1.78 bits per heavy atom. The number of nitrogens with one attached hydrogen (secondary N) is 2. The highest BCUT2D eigenvalue weighted by molar-refractivity contribution is 7.80. The summed E-state index contributed by atoms with van der Waals surface area (Å²) in [6.45, 7) is 0.720. The molecule has 2 aromatic rings. The molecule has 0 radical (unpaired) electrons. The Bertz CT molecular complexity index is 669. The van der Waals surface area contributed by atoms with Crippen LogP contribution in [-0.4, -0.2) is 24.7 Å². The fourth-order valence-corrected chi connectivity index (χ4v) is 2.23. The van der Waals surface area contributed by atoms with Gasteiger partial charge in [-0.3, -0.25) is 4.79 Å². The number of thiocarbonyl (C=S) groups is 1. The quantitative estimate of drug-likeness (QED) is 0.709. The summed E-state index contributed by atoms with van der Waals surface area (Å²) in [5, 5.41) is 6.74. The van der Waals surface area contributed by atoms with Crippen LogP contribution in [0.1, 0.15) is 15.9 Å². The maximum Gasteiger partial charge on any atom is 0.248 e. The van der Waals surface area contributed by atoms with Crippen LogP contribution in [0.2, 0.25) is 0 Å². The SMILES string of the molecule is COc1ccc(CCNC(=S)Nc2ccc(C(N)=O)cc2)cc1. The minimum atomic E-state index is -0.447. The molecule has 0 saturated carbocycles. The van der Waals surface area contributed by atoms with Crippen molar-refractivity contribution in [2.75, 3.05) is 19.0 Å². The summed E-state index contributed by atoms with van der Waals surface area (Å²) in [7, 11) is 1.65. The second kappa shape index (κ2) is 8.14. The molecule has 23 heavy (non-hydrogen) atoms. The van der Waals surface area contributed by atoms with Gasteiger partial charge in [0, 0.05) is 17.8 Å². The zero-order chi connectivity index (χ0) is 16.7. The molecule has 0 aliphatic carbocycles. The van der Waals surface area contributed by atoms with Gasteiger partial charge >= 0.3 is 0 Å². The van der Waals surface area contributed by atoms with Crippen molar-refractivity contribution in [3.63, 3.8) is 0 Å². The van der Waals surface area contributed by atoms with E-state index in [9.17, 15) is 4.79 Å². The number of ether oxygens (including phenoxy) is 1. The van der Waals surface area contributed by atoms with Gasteiger partial charge in [0.25, 0.3) is 0 Å². The number of carbonyl (C=O) groups is 1. The fraction of sp³-hybridized carbons (Fsp3) is 0.176. The number of rotatable bonds is 6. The lowest BCUT2D eigenvalue weighted by molar-refractivity contribution is 0.100. The van der Waals surface area contributed by atoms with Crippen LogP contribution in [0, 0.1) is 0 Å². The van der Waals surface area contributed by atoms with Gasteiger partial charge in [-0.15, -0.1) is 0 Å². The first-order chi connectivity index (χ1) is 11.1. The van der Waals surface area contributed by atoms with Gasteiger partial charge in [-0.05, 0) is 60.6 Å². The van der Waals surface area contributed by atoms with E-state index < -0.39 is 5.91 Å². The molecule has 5 nitrogen and oxygen atoms in total. The lowest BCUT2D eigenvalue weighted by atomic mass is 10.1. The van der Waals surface area contributed by atoms with Crippen molar-refractivity contribution < 1.29 is 9.53 Å². The Balaban J connectivity index is 1.77. The van der Waals surface area contributed by atoms with Crippen molar-refractivity contribution >= 4 is 28.9 Å². The van der Waals surface area contributed by atoms with E-state index in [1.54, 1.807) is 31.4 Å². The smallest absolute Gasteiger partial charge is 0.248 e. The highest BCUT2D eigenvalue weighted by Gasteiger charge is 2.01. The molecule has 0 fully saturated rings. The number of amides is 1. The average molecular weight is 329 g/mol. The summed E-state index contributed by atoms with van der Waals surface area (Å²) in [6.07, 6.45) is 0.854. The third kappa shape index (κ3) is 5.27. The van der Waals surface area contributed by atoms with Crippen molar-refractivity contribution in [3.05, 3.63) is 59.7 Å². The highest BCUT2D eigenvalue weighted by atomic mass is 32.1. The summed E-state index contributed by atoms with van der Waals surface area (Å²) < 4.78 is 5.13. The number of carbonyl (C=O) groups excluding carboxylic acids is 1. The fourth-order valence-electron chi connectivity index (χ4n) is 2.01. The zero-order valence-electron chi connectivity index (χ0n) is 12.8. The lowest BCUT2D eigenvalue weighted by Crippen LogP contribution is -2.30. The Morgan fingerprint density at radius 1 is 1.13 bits per heavy atom. The molecule has 0 heterocycles. The summed E-state index contributed by atoms with van der Waals surface area (Å²) in [4.78, 5) is 11.0. The van der Waals surface area contributed by atoms with E-state index in [1.807, 2.05) is 24.3 Å². The average Bonchev–Trinajstić information content (AvgIpc) is 2.56. The third-order valence-corrected chi connectivity index (χ3v) is 3.53. The molecule has 0 aliphatic rings. The van der Waals surface area contributed by atoms with Crippen LogP contribution in [0.15, 0.2) is 48.5 Å². The van der Waals surface area contributed by atoms with E-state index in [0.717, 1.165) is 24.4 Å². The van der Waals surface area contributed by atoms with Crippen molar-refractivity contribution in [3.8, 4) is 5.75 Å². The van der Waals surface area contributed by atoms with E-state index in [-0.39, 0.29) is 0 Å². The maximum atomic E-state index is 11.0. The molecule has 0 bridgehead atoms. The lowest BCUT2D eigenvalue weighted by Gasteiger charge is -2.11. The molecular weight excluding hydrogens is 310 g/mol. The number of benzene rings is 2. The number of methoxy groups -OCH3 is 1. The van der Waals surface area contributed by atoms with Crippen LogP contribution >= 0.6 is 12.2 Å². The maximum absolute atomic E-state index is 11.0. The number of hydrogen-bond acceptors (Lipinski definition) is 3. The first-order valence-corrected chi connectivity index (χ1v) is 7.57. The van der Waals surface area contributed by atoms with E-state index in [4.69, 9.17) is 22.7 Å². The first-order valence-electron chi connectivity index (χ1n) is 7.16. The standard InChI is InChI=1S/C17H19N3O2S/c1-22-15-8-2-12(3-9-15)10-11-19-17(23)20-14-6-4-13(5-7-14)16(18)21/h2-9H,10-11H2,1H3,(H2,18,21)(H2,19,20,23). The number of hydrogen-bond donors (Lipinski definition) is 3. The Morgan fingerprint density at radius 3 is 2.35 bits per heavy atom. The van der Waals surface area contributed by atoms with E-state index in [2.05, 4.69) is 10.6 Å². The molecule has 6 heteroatoms. The molecule has 1 amide bonds. The molecule has 0 aromatic heterocycles. The minimum Gasteiger partial charge on any atom is -0.497 e. The number of anilines is 1. The topological polar surface area (TPSA) is 76.4 Å². The predicted octanol–water partition coefficient (Wildman–Crippen LogP) is 2.32. The monoisotopic (exact) mass is 329 g/mol. The molecule has 4 N–H and O–H groups in total. The van der Waals surface area contributed by atoms with E-state index in [1.165, 1.54) is 5.56 Å². The molecule has 0 unspecified atom stereocenters. The van der Waals surface area contributed by atoms with Gasteiger partial charge < -0.3 is 21.1 Å². The molecule has 0 spiro atoms. The molecule has 0 saturated heterocycles. The van der Waals surface area contributed by atoms with E-state index >= 15 is 0 Å². The van der Waals surface area contributed by atoms with Crippen LogP contribution < -0.4 is 21.1 Å². The van der Waals surface area contributed by atoms with Gasteiger partial charge in [-0.1, -0.05) is 12.1 Å². The van der Waals surface area contributed by atoms with Gasteiger partial charge in [-0.2, -0.15) is 0 Å². The number of primary amides is 1. The largest absolute Gasteiger partial charge is 0.497 e. The molecule has 0 atom stereocenters. The second-order valence-corrected chi connectivity index (χ2v) is 5.33.